The Morgan fingerprint density at radius 1 is 1.11 bits per heavy atom. The van der Waals surface area contributed by atoms with Crippen LogP contribution in [0.4, 0.5) is 10.5 Å². The number of aromatic nitrogens is 1. The summed E-state index contributed by atoms with van der Waals surface area (Å²) >= 11 is 1.76. The first-order chi connectivity index (χ1) is 13.0. The van der Waals surface area contributed by atoms with Crippen molar-refractivity contribution < 1.29 is 9.59 Å². The molecule has 7 heteroatoms. The first-order valence-electron chi connectivity index (χ1n) is 9.37. The highest BCUT2D eigenvalue weighted by molar-refractivity contribution is 7.11. The van der Waals surface area contributed by atoms with Gasteiger partial charge in [-0.3, -0.25) is 9.69 Å². The van der Waals surface area contributed by atoms with E-state index >= 15 is 0 Å². The van der Waals surface area contributed by atoms with Crippen LogP contribution in [0.2, 0.25) is 0 Å². The van der Waals surface area contributed by atoms with Crippen LogP contribution in [0.1, 0.15) is 28.4 Å². The van der Waals surface area contributed by atoms with E-state index in [1.165, 1.54) is 9.78 Å². The lowest BCUT2D eigenvalue weighted by molar-refractivity contribution is -0.116. The van der Waals surface area contributed by atoms with E-state index in [0.717, 1.165) is 43.2 Å². The van der Waals surface area contributed by atoms with E-state index in [1.807, 2.05) is 25.1 Å². The molecule has 0 saturated carbocycles. The highest BCUT2D eigenvalue weighted by Crippen LogP contribution is 2.27. The second-order valence-corrected chi connectivity index (χ2v) is 8.51. The van der Waals surface area contributed by atoms with Gasteiger partial charge in [0.1, 0.15) is 6.54 Å². The first kappa shape index (κ1) is 18.1. The Hall–Kier alpha value is -2.25. The summed E-state index contributed by atoms with van der Waals surface area (Å²) in [5, 5.41) is 1.11. The Labute approximate surface area is 163 Å². The van der Waals surface area contributed by atoms with Crippen molar-refractivity contribution in [2.45, 2.75) is 39.3 Å². The van der Waals surface area contributed by atoms with Crippen LogP contribution in [-0.2, 0) is 11.3 Å². The minimum atomic E-state index is -0.182. The van der Waals surface area contributed by atoms with Crippen LogP contribution in [0.25, 0.3) is 0 Å². The Balaban J connectivity index is 1.38. The standard InChI is InChI=1S/C20H24N4O2S/c1-14-18(27-15(2)21-14)12-22-10-8-16(9-11-22)23-13-19(25)24(20(23)26)17-6-4-3-5-7-17/h3-7,16H,8-13H2,1-2H3. The zero-order chi connectivity index (χ0) is 19.0. The molecule has 0 N–H and O–H groups in total. The predicted octanol–water partition coefficient (Wildman–Crippen LogP) is 3.19. The summed E-state index contributed by atoms with van der Waals surface area (Å²) in [6, 6.07) is 9.14. The van der Waals surface area contributed by atoms with Crippen molar-refractivity contribution >= 4 is 29.0 Å². The van der Waals surface area contributed by atoms with E-state index in [-0.39, 0.29) is 24.5 Å². The minimum Gasteiger partial charge on any atom is -0.312 e. The van der Waals surface area contributed by atoms with Gasteiger partial charge >= 0.3 is 6.03 Å². The topological polar surface area (TPSA) is 56.8 Å². The largest absolute Gasteiger partial charge is 0.332 e. The van der Waals surface area contributed by atoms with Gasteiger partial charge in [0.2, 0.25) is 0 Å². The third-order valence-corrected chi connectivity index (χ3v) is 6.43. The van der Waals surface area contributed by atoms with Gasteiger partial charge in [-0.15, -0.1) is 11.3 Å². The third-order valence-electron chi connectivity index (χ3n) is 5.37. The monoisotopic (exact) mass is 384 g/mol. The molecule has 2 saturated heterocycles. The third kappa shape index (κ3) is 3.61. The molecule has 2 aliphatic rings. The number of carbonyl (C=O) groups excluding carboxylic acids is 2. The summed E-state index contributed by atoms with van der Waals surface area (Å²) in [6.07, 6.45) is 1.80. The summed E-state index contributed by atoms with van der Waals surface area (Å²) in [6.45, 7) is 7.09. The molecule has 0 radical (unpaired) electrons. The molecule has 0 aliphatic carbocycles. The summed E-state index contributed by atoms with van der Waals surface area (Å²) in [5.74, 6) is -0.135. The van der Waals surface area contributed by atoms with E-state index in [9.17, 15) is 9.59 Å². The molecule has 3 amide bonds. The predicted molar refractivity (Wildman–Crippen MR) is 106 cm³/mol. The van der Waals surface area contributed by atoms with Crippen molar-refractivity contribution in [3.8, 4) is 0 Å². The number of benzene rings is 1. The molecule has 2 aromatic rings. The van der Waals surface area contributed by atoms with Crippen molar-refractivity contribution in [3.05, 3.63) is 45.9 Å². The number of amides is 3. The zero-order valence-electron chi connectivity index (χ0n) is 15.7. The SMILES string of the molecule is Cc1nc(C)c(CN2CCC(N3CC(=O)N(c4ccccc4)C3=O)CC2)s1. The molecule has 0 spiro atoms. The zero-order valence-corrected chi connectivity index (χ0v) is 16.5. The average Bonchev–Trinajstić information content (AvgIpc) is 3.14. The number of thiazole rings is 1. The molecule has 3 heterocycles. The lowest BCUT2D eigenvalue weighted by Gasteiger charge is -2.36. The van der Waals surface area contributed by atoms with Gasteiger partial charge in [-0.05, 0) is 38.8 Å². The number of hydrogen-bond donors (Lipinski definition) is 0. The number of urea groups is 1. The molecule has 2 fully saturated rings. The molecule has 0 unspecified atom stereocenters. The van der Waals surface area contributed by atoms with Gasteiger partial charge in [0.15, 0.2) is 0 Å². The Morgan fingerprint density at radius 3 is 2.44 bits per heavy atom. The molecule has 142 valence electrons. The molecule has 0 atom stereocenters. The number of piperidine rings is 1. The first-order valence-corrected chi connectivity index (χ1v) is 10.2. The van der Waals surface area contributed by atoms with Gasteiger partial charge in [-0.2, -0.15) is 0 Å². The molecule has 4 rings (SSSR count). The fraction of sp³-hybridized carbons (Fsp3) is 0.450. The molecule has 0 bridgehead atoms. The Morgan fingerprint density at radius 2 is 1.81 bits per heavy atom. The van der Waals surface area contributed by atoms with Crippen LogP contribution >= 0.6 is 11.3 Å². The van der Waals surface area contributed by atoms with Crippen molar-refractivity contribution in [1.29, 1.82) is 0 Å². The lowest BCUT2D eigenvalue weighted by atomic mass is 10.0. The molecule has 2 aliphatic heterocycles. The summed E-state index contributed by atoms with van der Waals surface area (Å²) < 4.78 is 0. The fourth-order valence-corrected chi connectivity index (χ4v) is 4.93. The molecular formula is C20H24N4O2S. The normalized spacial score (nSPS) is 19.3. The van der Waals surface area contributed by atoms with Crippen LogP contribution in [0.15, 0.2) is 30.3 Å². The number of carbonyl (C=O) groups is 2. The fourth-order valence-electron chi connectivity index (χ4n) is 3.95. The maximum Gasteiger partial charge on any atom is 0.332 e. The van der Waals surface area contributed by atoms with Crippen LogP contribution in [0, 0.1) is 13.8 Å². The summed E-state index contributed by atoms with van der Waals surface area (Å²) in [4.78, 5) is 36.6. The number of nitrogens with zero attached hydrogens (tertiary/aromatic N) is 4. The van der Waals surface area contributed by atoms with Crippen molar-refractivity contribution in [1.82, 2.24) is 14.8 Å². The van der Waals surface area contributed by atoms with Crippen molar-refractivity contribution in [2.75, 3.05) is 24.5 Å². The Bertz CT molecular complexity index is 843. The summed E-state index contributed by atoms with van der Waals surface area (Å²) in [5.41, 5.74) is 1.78. The summed E-state index contributed by atoms with van der Waals surface area (Å²) in [7, 11) is 0. The number of rotatable bonds is 4. The number of hydrogen-bond acceptors (Lipinski definition) is 5. The van der Waals surface area contributed by atoms with Crippen molar-refractivity contribution in [2.24, 2.45) is 0 Å². The molecule has 6 nitrogen and oxygen atoms in total. The van der Waals surface area contributed by atoms with Gasteiger partial charge in [-0.25, -0.2) is 14.7 Å². The van der Waals surface area contributed by atoms with Crippen LogP contribution in [0.5, 0.6) is 0 Å². The number of para-hydroxylation sites is 1. The van der Waals surface area contributed by atoms with Crippen LogP contribution in [0.3, 0.4) is 0 Å². The van der Waals surface area contributed by atoms with E-state index in [4.69, 9.17) is 0 Å². The van der Waals surface area contributed by atoms with Gasteiger partial charge in [0.05, 0.1) is 16.4 Å². The maximum atomic E-state index is 12.8. The number of aryl methyl sites for hydroxylation is 2. The second kappa shape index (κ2) is 7.40. The van der Waals surface area contributed by atoms with Crippen LogP contribution < -0.4 is 4.90 Å². The Kier molecular flexibility index (Phi) is 4.97. The van der Waals surface area contributed by atoms with Gasteiger partial charge in [-0.1, -0.05) is 18.2 Å². The van der Waals surface area contributed by atoms with Gasteiger partial charge < -0.3 is 4.90 Å². The molecule has 27 heavy (non-hydrogen) atoms. The molecule has 1 aromatic carbocycles. The number of likely N-dealkylation sites (tertiary alicyclic amines) is 1. The second-order valence-electron chi connectivity index (χ2n) is 7.22. The minimum absolute atomic E-state index is 0.135. The average molecular weight is 385 g/mol. The van der Waals surface area contributed by atoms with E-state index in [1.54, 1.807) is 28.4 Å². The van der Waals surface area contributed by atoms with E-state index < -0.39 is 0 Å². The van der Waals surface area contributed by atoms with E-state index in [0.29, 0.717) is 5.69 Å². The van der Waals surface area contributed by atoms with Crippen LogP contribution in [-0.4, -0.2) is 52.4 Å². The number of anilines is 1. The molecular weight excluding hydrogens is 360 g/mol. The smallest absolute Gasteiger partial charge is 0.312 e. The lowest BCUT2D eigenvalue weighted by Crippen LogP contribution is -2.46. The molecule has 1 aromatic heterocycles. The van der Waals surface area contributed by atoms with Gasteiger partial charge in [0.25, 0.3) is 5.91 Å². The highest BCUT2D eigenvalue weighted by atomic mass is 32.1. The van der Waals surface area contributed by atoms with E-state index in [2.05, 4.69) is 16.8 Å². The quantitative estimate of drug-likeness (QED) is 0.760. The number of imide groups is 1. The maximum absolute atomic E-state index is 12.8. The van der Waals surface area contributed by atoms with Gasteiger partial charge in [0, 0.05) is 30.6 Å². The van der Waals surface area contributed by atoms with Crippen molar-refractivity contribution in [3.63, 3.8) is 0 Å². The highest BCUT2D eigenvalue weighted by Gasteiger charge is 2.41.